The van der Waals surface area contributed by atoms with Gasteiger partial charge in [-0.05, 0) is 36.2 Å². The lowest BCUT2D eigenvalue weighted by atomic mass is 9.95. The topological polar surface area (TPSA) is 42.7 Å². The van der Waals surface area contributed by atoms with Crippen LogP contribution < -0.4 is 5.32 Å². The molecule has 0 saturated heterocycles. The van der Waals surface area contributed by atoms with Crippen molar-refractivity contribution in [2.75, 3.05) is 6.54 Å². The Labute approximate surface area is 123 Å². The zero-order valence-electron chi connectivity index (χ0n) is 11.7. The molecule has 0 fully saturated rings. The lowest BCUT2D eigenvalue weighted by Gasteiger charge is -2.20. The molecule has 4 heteroatoms. The van der Waals surface area contributed by atoms with E-state index in [0.29, 0.717) is 0 Å². The Balaban J connectivity index is 1.88. The number of para-hydroxylation sites is 1. The lowest BCUT2D eigenvalue weighted by Crippen LogP contribution is -2.24. The number of hydrogen-bond acceptors (Lipinski definition) is 3. The first-order valence-corrected chi connectivity index (χ1v) is 7.21. The van der Waals surface area contributed by atoms with Gasteiger partial charge in [0.2, 0.25) is 0 Å². The van der Waals surface area contributed by atoms with E-state index in [1.54, 1.807) is 6.33 Å². The van der Waals surface area contributed by atoms with Gasteiger partial charge in [0, 0.05) is 17.8 Å². The first-order valence-electron chi connectivity index (χ1n) is 7.21. The van der Waals surface area contributed by atoms with Crippen LogP contribution in [0.3, 0.4) is 0 Å². The third-order valence-corrected chi connectivity index (χ3v) is 3.96. The van der Waals surface area contributed by atoms with Crippen LogP contribution in [0.1, 0.15) is 11.1 Å². The number of fused-ring (bicyclic) bond motifs is 1. The van der Waals surface area contributed by atoms with Gasteiger partial charge in [0.05, 0.1) is 0 Å². The summed E-state index contributed by atoms with van der Waals surface area (Å²) in [6, 6.07) is 16.7. The minimum absolute atomic E-state index is 0.917. The molecule has 104 valence electrons. The van der Waals surface area contributed by atoms with Crippen LogP contribution in [0.2, 0.25) is 0 Å². The molecule has 0 atom stereocenters. The fourth-order valence-corrected chi connectivity index (χ4v) is 2.94. The number of aromatic nitrogens is 3. The van der Waals surface area contributed by atoms with E-state index in [1.165, 1.54) is 16.7 Å². The summed E-state index contributed by atoms with van der Waals surface area (Å²) in [5.41, 5.74) is 5.03. The maximum Gasteiger partial charge on any atom is 0.168 e. The second kappa shape index (κ2) is 5.14. The molecule has 0 aliphatic carbocycles. The predicted octanol–water partition coefficient (Wildman–Crippen LogP) is 2.58. The van der Waals surface area contributed by atoms with E-state index in [2.05, 4.69) is 50.4 Å². The fraction of sp³-hybridized carbons (Fsp3) is 0.176. The van der Waals surface area contributed by atoms with Gasteiger partial charge in [-0.25, -0.2) is 0 Å². The quantitative estimate of drug-likeness (QED) is 0.782. The van der Waals surface area contributed by atoms with Gasteiger partial charge < -0.3 is 5.32 Å². The molecule has 1 aliphatic heterocycles. The fourth-order valence-electron chi connectivity index (χ4n) is 2.94. The monoisotopic (exact) mass is 276 g/mol. The minimum atomic E-state index is 0.917. The molecule has 0 unspecified atom stereocenters. The SMILES string of the molecule is c1ccc(-n2cnnc2-c2cccc3c2CCNC3)cc1. The highest BCUT2D eigenvalue weighted by molar-refractivity contribution is 5.65. The summed E-state index contributed by atoms with van der Waals surface area (Å²) in [7, 11) is 0. The Kier molecular flexibility index (Phi) is 3.01. The molecule has 0 radical (unpaired) electrons. The maximum atomic E-state index is 4.36. The third kappa shape index (κ3) is 2.14. The van der Waals surface area contributed by atoms with E-state index < -0.39 is 0 Å². The van der Waals surface area contributed by atoms with Crippen molar-refractivity contribution < 1.29 is 0 Å². The molecule has 0 bridgehead atoms. The summed E-state index contributed by atoms with van der Waals surface area (Å²) in [4.78, 5) is 0. The Morgan fingerprint density at radius 3 is 2.81 bits per heavy atom. The average molecular weight is 276 g/mol. The van der Waals surface area contributed by atoms with E-state index in [4.69, 9.17) is 0 Å². The summed E-state index contributed by atoms with van der Waals surface area (Å²) in [6.07, 6.45) is 2.82. The van der Waals surface area contributed by atoms with Crippen LogP contribution in [-0.4, -0.2) is 21.3 Å². The van der Waals surface area contributed by atoms with Crippen molar-refractivity contribution in [3.8, 4) is 17.1 Å². The zero-order chi connectivity index (χ0) is 14.1. The molecule has 2 heterocycles. The van der Waals surface area contributed by atoms with Crippen molar-refractivity contribution in [3.63, 3.8) is 0 Å². The lowest BCUT2D eigenvalue weighted by molar-refractivity contribution is 0.644. The van der Waals surface area contributed by atoms with Crippen molar-refractivity contribution in [2.45, 2.75) is 13.0 Å². The average Bonchev–Trinajstić information content (AvgIpc) is 3.04. The van der Waals surface area contributed by atoms with Crippen molar-refractivity contribution in [1.82, 2.24) is 20.1 Å². The first kappa shape index (κ1) is 12.3. The predicted molar refractivity (Wildman–Crippen MR) is 82.2 cm³/mol. The number of benzene rings is 2. The zero-order valence-corrected chi connectivity index (χ0v) is 11.7. The van der Waals surface area contributed by atoms with Crippen molar-refractivity contribution >= 4 is 0 Å². The third-order valence-electron chi connectivity index (χ3n) is 3.96. The summed E-state index contributed by atoms with van der Waals surface area (Å²) in [6.45, 7) is 1.95. The molecule has 21 heavy (non-hydrogen) atoms. The highest BCUT2D eigenvalue weighted by Crippen LogP contribution is 2.28. The van der Waals surface area contributed by atoms with Crippen LogP contribution in [0.5, 0.6) is 0 Å². The van der Waals surface area contributed by atoms with E-state index in [1.807, 2.05) is 18.2 Å². The van der Waals surface area contributed by atoms with Crippen LogP contribution in [-0.2, 0) is 13.0 Å². The molecule has 0 saturated carbocycles. The van der Waals surface area contributed by atoms with Crippen LogP contribution in [0.15, 0.2) is 54.9 Å². The molecule has 1 N–H and O–H groups in total. The van der Waals surface area contributed by atoms with Gasteiger partial charge in [0.15, 0.2) is 5.82 Å². The Morgan fingerprint density at radius 2 is 1.90 bits per heavy atom. The number of nitrogens with one attached hydrogen (secondary N) is 1. The normalized spacial score (nSPS) is 13.9. The minimum Gasteiger partial charge on any atom is -0.312 e. The largest absolute Gasteiger partial charge is 0.312 e. The van der Waals surface area contributed by atoms with E-state index in [0.717, 1.165) is 31.0 Å². The van der Waals surface area contributed by atoms with E-state index >= 15 is 0 Å². The van der Waals surface area contributed by atoms with Crippen LogP contribution in [0.25, 0.3) is 17.1 Å². The molecule has 1 aromatic heterocycles. The van der Waals surface area contributed by atoms with Gasteiger partial charge in [-0.1, -0.05) is 36.4 Å². The summed E-state index contributed by atoms with van der Waals surface area (Å²) >= 11 is 0. The molecular formula is C17H16N4. The van der Waals surface area contributed by atoms with Gasteiger partial charge in [-0.3, -0.25) is 4.57 Å². The Morgan fingerprint density at radius 1 is 1.00 bits per heavy atom. The van der Waals surface area contributed by atoms with Gasteiger partial charge >= 0.3 is 0 Å². The van der Waals surface area contributed by atoms with E-state index in [-0.39, 0.29) is 0 Å². The Bertz CT molecular complexity index is 761. The van der Waals surface area contributed by atoms with Crippen LogP contribution in [0, 0.1) is 0 Å². The number of nitrogens with zero attached hydrogens (tertiary/aromatic N) is 3. The van der Waals surface area contributed by atoms with Gasteiger partial charge in [-0.2, -0.15) is 0 Å². The van der Waals surface area contributed by atoms with Crippen LogP contribution >= 0.6 is 0 Å². The molecule has 1 aliphatic rings. The molecule has 4 rings (SSSR count). The van der Waals surface area contributed by atoms with Crippen molar-refractivity contribution in [1.29, 1.82) is 0 Å². The molecule has 4 nitrogen and oxygen atoms in total. The number of rotatable bonds is 2. The second-order valence-electron chi connectivity index (χ2n) is 5.23. The standard InChI is InChI=1S/C17H16N4/c1-2-6-14(7-3-1)21-12-19-20-17(21)16-8-4-5-13-11-18-10-9-15(13)16/h1-8,12,18H,9-11H2. The molecular weight excluding hydrogens is 260 g/mol. The second-order valence-corrected chi connectivity index (χ2v) is 5.23. The van der Waals surface area contributed by atoms with Gasteiger partial charge in [0.1, 0.15) is 6.33 Å². The summed E-state index contributed by atoms with van der Waals surface area (Å²) in [5.74, 6) is 0.917. The highest BCUT2D eigenvalue weighted by Gasteiger charge is 2.17. The molecule has 2 aromatic carbocycles. The maximum absolute atomic E-state index is 4.36. The van der Waals surface area contributed by atoms with Crippen molar-refractivity contribution in [2.24, 2.45) is 0 Å². The smallest absolute Gasteiger partial charge is 0.168 e. The van der Waals surface area contributed by atoms with Crippen LogP contribution in [0.4, 0.5) is 0 Å². The number of hydrogen-bond donors (Lipinski definition) is 1. The van der Waals surface area contributed by atoms with Gasteiger partial charge in [-0.15, -0.1) is 10.2 Å². The Hall–Kier alpha value is -2.46. The first-order chi connectivity index (χ1) is 10.4. The van der Waals surface area contributed by atoms with Gasteiger partial charge in [0.25, 0.3) is 0 Å². The van der Waals surface area contributed by atoms with E-state index in [9.17, 15) is 0 Å². The van der Waals surface area contributed by atoms with Crippen molar-refractivity contribution in [3.05, 3.63) is 66.0 Å². The summed E-state index contributed by atoms with van der Waals surface area (Å²) in [5, 5.41) is 11.9. The highest BCUT2D eigenvalue weighted by atomic mass is 15.3. The summed E-state index contributed by atoms with van der Waals surface area (Å²) < 4.78 is 2.05. The molecule has 0 amide bonds. The molecule has 3 aromatic rings. The molecule has 0 spiro atoms.